The summed E-state index contributed by atoms with van der Waals surface area (Å²) in [6.07, 6.45) is -2.14. The summed E-state index contributed by atoms with van der Waals surface area (Å²) in [4.78, 5) is 16.7. The van der Waals surface area contributed by atoms with Crippen molar-refractivity contribution in [2.45, 2.75) is 19.0 Å². The number of benzene rings is 2. The number of hydrogen-bond donors (Lipinski definition) is 0. The van der Waals surface area contributed by atoms with E-state index in [4.69, 9.17) is 0 Å². The second-order valence-corrected chi connectivity index (χ2v) is 8.83. The minimum Gasteiger partial charge on any atom is -0.327 e. The van der Waals surface area contributed by atoms with Crippen LogP contribution in [0.3, 0.4) is 0 Å². The number of rotatable bonds is 4. The van der Waals surface area contributed by atoms with Gasteiger partial charge in [0.2, 0.25) is 0 Å². The van der Waals surface area contributed by atoms with Crippen molar-refractivity contribution >= 4 is 33.7 Å². The van der Waals surface area contributed by atoms with Crippen LogP contribution in [0.25, 0.3) is 22.4 Å². The van der Waals surface area contributed by atoms with Crippen LogP contribution in [-0.4, -0.2) is 37.8 Å². The maximum atomic E-state index is 13.1. The topological polar surface area (TPSA) is 50.5 Å². The van der Waals surface area contributed by atoms with Crippen LogP contribution in [0.15, 0.2) is 47.6 Å². The number of hydrogen-bond acceptors (Lipinski definition) is 4. The van der Waals surface area contributed by atoms with Crippen molar-refractivity contribution in [2.75, 3.05) is 12.3 Å². The number of hydrazone groups is 1. The lowest BCUT2D eigenvalue weighted by molar-refractivity contribution is -0.137. The van der Waals surface area contributed by atoms with Gasteiger partial charge in [-0.15, -0.1) is 0 Å². The van der Waals surface area contributed by atoms with Gasteiger partial charge in [0.25, 0.3) is 0 Å². The number of alkyl halides is 3. The predicted octanol–water partition coefficient (Wildman–Crippen LogP) is 5.54. The first-order valence-electron chi connectivity index (χ1n) is 9.96. The molecular formula is C22H19F3N4OS. The Labute approximate surface area is 180 Å². The van der Waals surface area contributed by atoms with Gasteiger partial charge in [-0.2, -0.15) is 18.3 Å². The van der Waals surface area contributed by atoms with Crippen LogP contribution in [0.2, 0.25) is 0 Å². The zero-order valence-electron chi connectivity index (χ0n) is 16.7. The van der Waals surface area contributed by atoms with Gasteiger partial charge in [-0.1, -0.05) is 30.0 Å². The monoisotopic (exact) mass is 444 g/mol. The van der Waals surface area contributed by atoms with Crippen LogP contribution in [0.5, 0.6) is 0 Å². The van der Waals surface area contributed by atoms with Crippen molar-refractivity contribution in [3.63, 3.8) is 0 Å². The average molecular weight is 444 g/mol. The van der Waals surface area contributed by atoms with Gasteiger partial charge >= 0.3 is 11.4 Å². The van der Waals surface area contributed by atoms with E-state index in [9.17, 15) is 18.0 Å². The number of imidazole rings is 1. The van der Waals surface area contributed by atoms with E-state index in [1.165, 1.54) is 17.8 Å². The molecule has 0 atom stereocenters. The van der Waals surface area contributed by atoms with Crippen molar-refractivity contribution in [3.8, 4) is 11.4 Å². The third-order valence-electron chi connectivity index (χ3n) is 5.57. The molecule has 2 aliphatic rings. The van der Waals surface area contributed by atoms with Crippen LogP contribution < -0.4 is 0 Å². The van der Waals surface area contributed by atoms with E-state index in [-0.39, 0.29) is 5.24 Å². The van der Waals surface area contributed by atoms with Crippen molar-refractivity contribution in [2.24, 2.45) is 18.1 Å². The third kappa shape index (κ3) is 3.94. The number of thioether (sulfide) groups is 1. The Morgan fingerprint density at radius 3 is 2.68 bits per heavy atom. The molecular weight excluding hydrogens is 425 g/mol. The maximum Gasteiger partial charge on any atom is 0.416 e. The Balaban J connectivity index is 1.51. The van der Waals surface area contributed by atoms with Crippen LogP contribution in [0.1, 0.15) is 24.0 Å². The van der Waals surface area contributed by atoms with Gasteiger partial charge in [-0.3, -0.25) is 4.79 Å². The molecule has 5 rings (SSSR count). The van der Waals surface area contributed by atoms with E-state index in [1.54, 1.807) is 22.7 Å². The first kappa shape index (κ1) is 20.1. The molecule has 0 unspecified atom stereocenters. The molecule has 160 valence electrons. The number of nitrogens with zero attached hydrogens (tertiary/aromatic N) is 4. The van der Waals surface area contributed by atoms with Gasteiger partial charge in [0.15, 0.2) is 0 Å². The number of halogens is 3. The van der Waals surface area contributed by atoms with E-state index >= 15 is 0 Å². The number of aryl methyl sites for hydroxylation is 1. The molecule has 31 heavy (non-hydrogen) atoms. The molecule has 1 aromatic heterocycles. The zero-order valence-corrected chi connectivity index (χ0v) is 17.5. The molecule has 1 aliphatic heterocycles. The summed E-state index contributed by atoms with van der Waals surface area (Å²) < 4.78 is 41.1. The van der Waals surface area contributed by atoms with Gasteiger partial charge in [0.05, 0.1) is 22.3 Å². The first-order chi connectivity index (χ1) is 14.8. The second kappa shape index (κ2) is 7.40. The van der Waals surface area contributed by atoms with Gasteiger partial charge in [0, 0.05) is 30.5 Å². The minimum atomic E-state index is -4.41. The fourth-order valence-electron chi connectivity index (χ4n) is 3.69. The van der Waals surface area contributed by atoms with Gasteiger partial charge in [-0.25, -0.2) is 9.99 Å². The summed E-state index contributed by atoms with van der Waals surface area (Å²) in [7, 11) is 1.79. The Morgan fingerprint density at radius 1 is 1.13 bits per heavy atom. The number of carbonyl (C=O) groups is 1. The lowest BCUT2D eigenvalue weighted by Gasteiger charge is -2.22. The Kier molecular flexibility index (Phi) is 4.80. The molecule has 1 aliphatic carbocycles. The Bertz CT molecular complexity index is 1210. The molecule has 2 aromatic carbocycles. The molecule has 9 heteroatoms. The molecule has 1 saturated carbocycles. The SMILES string of the molecule is Cn1c(-c2cccc(C(F)(F)F)c2)nc2cc(C3=NN(CC4CC4)C(=O)SC3)ccc21. The number of fused-ring (bicyclic) bond motifs is 1. The van der Waals surface area contributed by atoms with Gasteiger partial charge < -0.3 is 4.57 Å². The van der Waals surface area contributed by atoms with Crippen LogP contribution in [0, 0.1) is 5.92 Å². The molecule has 0 N–H and O–H groups in total. The number of amides is 1. The zero-order chi connectivity index (χ0) is 21.8. The van der Waals surface area contributed by atoms with Crippen LogP contribution in [0.4, 0.5) is 18.0 Å². The highest BCUT2D eigenvalue weighted by molar-refractivity contribution is 8.14. The lowest BCUT2D eigenvalue weighted by Crippen LogP contribution is -2.31. The number of carbonyl (C=O) groups excluding carboxylic acids is 1. The average Bonchev–Trinajstić information content (AvgIpc) is 3.50. The molecule has 1 fully saturated rings. The summed E-state index contributed by atoms with van der Waals surface area (Å²) in [5, 5.41) is 6.09. The normalized spacial score (nSPS) is 17.4. The fraction of sp³-hybridized carbons (Fsp3) is 0.318. The predicted molar refractivity (Wildman–Crippen MR) is 115 cm³/mol. The highest BCUT2D eigenvalue weighted by atomic mass is 32.2. The Morgan fingerprint density at radius 2 is 1.94 bits per heavy atom. The fourth-order valence-corrected chi connectivity index (χ4v) is 4.44. The number of aromatic nitrogens is 2. The molecule has 0 radical (unpaired) electrons. The minimum absolute atomic E-state index is 0.0265. The quantitative estimate of drug-likeness (QED) is 0.531. The van der Waals surface area contributed by atoms with E-state index in [0.29, 0.717) is 35.1 Å². The molecule has 1 amide bonds. The van der Waals surface area contributed by atoms with Crippen molar-refractivity contribution in [1.29, 1.82) is 0 Å². The molecule has 2 heterocycles. The first-order valence-corrected chi connectivity index (χ1v) is 10.9. The molecule has 3 aromatic rings. The molecule has 0 bridgehead atoms. The van der Waals surface area contributed by atoms with Gasteiger partial charge in [0.1, 0.15) is 5.82 Å². The second-order valence-electron chi connectivity index (χ2n) is 7.90. The summed E-state index contributed by atoms with van der Waals surface area (Å²) in [6.45, 7) is 0.654. The summed E-state index contributed by atoms with van der Waals surface area (Å²) in [6, 6.07) is 10.9. The molecule has 0 spiro atoms. The van der Waals surface area contributed by atoms with E-state index in [2.05, 4.69) is 10.1 Å². The van der Waals surface area contributed by atoms with Crippen LogP contribution >= 0.6 is 11.8 Å². The lowest BCUT2D eigenvalue weighted by atomic mass is 10.1. The smallest absolute Gasteiger partial charge is 0.327 e. The highest BCUT2D eigenvalue weighted by Gasteiger charge is 2.31. The van der Waals surface area contributed by atoms with Gasteiger partial charge in [-0.05, 0) is 43.0 Å². The standard InChI is InChI=1S/C22H19F3N4OS/c1-28-19-8-7-14(18-12-31-21(30)29(27-18)11-13-5-6-13)10-17(19)26-20(28)15-3-2-4-16(9-15)22(23,24)25/h2-4,7-10,13H,5-6,11-12H2,1H3. The van der Waals surface area contributed by atoms with Crippen molar-refractivity contribution in [1.82, 2.24) is 14.6 Å². The Hall–Kier alpha value is -2.81. The largest absolute Gasteiger partial charge is 0.416 e. The summed E-state index contributed by atoms with van der Waals surface area (Å²) in [5.41, 5.74) is 2.85. The van der Waals surface area contributed by atoms with Crippen LogP contribution in [-0.2, 0) is 13.2 Å². The maximum absolute atomic E-state index is 13.1. The third-order valence-corrected chi connectivity index (χ3v) is 6.45. The van der Waals surface area contributed by atoms with E-state index in [1.807, 2.05) is 18.2 Å². The van der Waals surface area contributed by atoms with E-state index in [0.717, 1.165) is 41.8 Å². The summed E-state index contributed by atoms with van der Waals surface area (Å²) in [5.74, 6) is 1.49. The highest BCUT2D eigenvalue weighted by Crippen LogP contribution is 2.34. The molecule has 0 saturated heterocycles. The summed E-state index contributed by atoms with van der Waals surface area (Å²) >= 11 is 1.24. The van der Waals surface area contributed by atoms with E-state index < -0.39 is 11.7 Å². The molecule has 5 nitrogen and oxygen atoms in total. The van der Waals surface area contributed by atoms with Crippen molar-refractivity contribution < 1.29 is 18.0 Å². The van der Waals surface area contributed by atoms with Crippen molar-refractivity contribution in [3.05, 3.63) is 53.6 Å².